The Balaban J connectivity index is 1.38. The molecule has 1 aliphatic heterocycles. The van der Waals surface area contributed by atoms with Crippen molar-refractivity contribution in [2.24, 2.45) is 0 Å². The molecule has 2 aromatic carbocycles. The van der Waals surface area contributed by atoms with Gasteiger partial charge in [-0.2, -0.15) is 0 Å². The summed E-state index contributed by atoms with van der Waals surface area (Å²) in [5, 5.41) is 7.09. The molecule has 2 amide bonds. The van der Waals surface area contributed by atoms with Crippen LogP contribution in [0.2, 0.25) is 10.0 Å². The molecule has 8 heteroatoms. The highest BCUT2D eigenvalue weighted by molar-refractivity contribution is 6.30. The molecule has 0 saturated carbocycles. The van der Waals surface area contributed by atoms with E-state index in [4.69, 9.17) is 32.7 Å². The summed E-state index contributed by atoms with van der Waals surface area (Å²) < 4.78 is 11.1. The second-order valence-electron chi connectivity index (χ2n) is 7.19. The van der Waals surface area contributed by atoms with Crippen LogP contribution in [0.4, 0.5) is 0 Å². The Morgan fingerprint density at radius 2 is 1.70 bits per heavy atom. The van der Waals surface area contributed by atoms with E-state index in [0.29, 0.717) is 28.6 Å². The zero-order valence-electron chi connectivity index (χ0n) is 16.6. The van der Waals surface area contributed by atoms with Crippen LogP contribution in [0.3, 0.4) is 0 Å². The number of hydrogen-bond donors (Lipinski definition) is 2. The van der Waals surface area contributed by atoms with E-state index in [1.165, 1.54) is 0 Å². The van der Waals surface area contributed by atoms with Crippen molar-refractivity contribution in [1.29, 1.82) is 0 Å². The maximum absolute atomic E-state index is 12.5. The number of halogens is 2. The Morgan fingerprint density at radius 3 is 2.30 bits per heavy atom. The average molecular weight is 451 g/mol. The molecule has 0 aliphatic carbocycles. The summed E-state index contributed by atoms with van der Waals surface area (Å²) in [7, 11) is 0. The molecule has 0 aromatic heterocycles. The van der Waals surface area contributed by atoms with Crippen molar-refractivity contribution in [3.63, 3.8) is 0 Å². The summed E-state index contributed by atoms with van der Waals surface area (Å²) in [6, 6.07) is 13.8. The molecular weight excluding hydrogens is 427 g/mol. The number of carbonyl (C=O) groups excluding carboxylic acids is 2. The van der Waals surface area contributed by atoms with Crippen LogP contribution < -0.4 is 15.4 Å². The largest absolute Gasteiger partial charge is 0.484 e. The molecule has 160 valence electrons. The Morgan fingerprint density at radius 1 is 1.07 bits per heavy atom. The lowest BCUT2D eigenvalue weighted by Crippen LogP contribution is -2.48. The Kier molecular flexibility index (Phi) is 7.96. The lowest BCUT2D eigenvalue weighted by atomic mass is 10.0. The average Bonchev–Trinajstić information content (AvgIpc) is 2.74. The van der Waals surface area contributed by atoms with E-state index in [1.807, 2.05) is 19.1 Å². The van der Waals surface area contributed by atoms with Crippen LogP contribution in [-0.4, -0.2) is 37.2 Å². The Bertz CT molecular complexity index is 850. The SMILES string of the molecule is C[C@@H](NC(=O)[C@H]1CC[C@H](NC(=O)COc2ccc(Cl)cc2)CO1)c1ccc(Cl)cc1. The number of carbonyl (C=O) groups is 2. The molecule has 30 heavy (non-hydrogen) atoms. The summed E-state index contributed by atoms with van der Waals surface area (Å²) in [5.41, 5.74) is 0.967. The van der Waals surface area contributed by atoms with Crippen LogP contribution in [0.25, 0.3) is 0 Å². The van der Waals surface area contributed by atoms with Crippen molar-refractivity contribution in [2.75, 3.05) is 13.2 Å². The van der Waals surface area contributed by atoms with E-state index in [2.05, 4.69) is 10.6 Å². The minimum atomic E-state index is -0.529. The second-order valence-corrected chi connectivity index (χ2v) is 8.06. The van der Waals surface area contributed by atoms with Gasteiger partial charge in [0.25, 0.3) is 5.91 Å². The van der Waals surface area contributed by atoms with Gasteiger partial charge in [-0.25, -0.2) is 0 Å². The molecule has 0 unspecified atom stereocenters. The van der Waals surface area contributed by atoms with Crippen LogP contribution in [0.5, 0.6) is 5.75 Å². The Hall–Kier alpha value is -2.28. The predicted octanol–water partition coefficient (Wildman–Crippen LogP) is 3.91. The number of rotatable bonds is 7. The topological polar surface area (TPSA) is 76.7 Å². The molecular formula is C22H24Cl2N2O4. The minimum absolute atomic E-state index is 0.0966. The smallest absolute Gasteiger partial charge is 0.258 e. The molecule has 2 aromatic rings. The van der Waals surface area contributed by atoms with Crippen LogP contribution in [0.15, 0.2) is 48.5 Å². The standard InChI is InChI=1S/C22H24Cl2N2O4/c1-14(15-2-4-16(23)5-3-15)25-22(28)20-11-8-18(12-30-20)26-21(27)13-29-19-9-6-17(24)7-10-19/h2-7,9-10,14,18,20H,8,11-13H2,1H3,(H,25,28)(H,26,27)/t14-,18+,20-/m1/s1. The summed E-state index contributed by atoms with van der Waals surface area (Å²) in [5.74, 6) is 0.173. The zero-order valence-corrected chi connectivity index (χ0v) is 18.1. The number of amides is 2. The third-order valence-electron chi connectivity index (χ3n) is 4.85. The fourth-order valence-corrected chi connectivity index (χ4v) is 3.41. The van der Waals surface area contributed by atoms with Crippen LogP contribution >= 0.6 is 23.2 Å². The highest BCUT2D eigenvalue weighted by Gasteiger charge is 2.28. The Labute approximate surface area is 185 Å². The quantitative estimate of drug-likeness (QED) is 0.670. The lowest BCUT2D eigenvalue weighted by molar-refractivity contribution is -0.138. The fraction of sp³-hybridized carbons (Fsp3) is 0.364. The maximum atomic E-state index is 12.5. The monoisotopic (exact) mass is 450 g/mol. The van der Waals surface area contributed by atoms with E-state index in [-0.39, 0.29) is 37.1 Å². The first-order chi connectivity index (χ1) is 14.4. The summed E-state index contributed by atoms with van der Waals surface area (Å²) in [6.45, 7) is 2.09. The molecule has 1 fully saturated rings. The molecule has 0 radical (unpaired) electrons. The van der Waals surface area contributed by atoms with E-state index in [1.54, 1.807) is 36.4 Å². The van der Waals surface area contributed by atoms with Crippen LogP contribution in [0, 0.1) is 0 Å². The zero-order chi connectivity index (χ0) is 21.5. The third-order valence-corrected chi connectivity index (χ3v) is 5.35. The van der Waals surface area contributed by atoms with Crippen molar-refractivity contribution in [3.8, 4) is 5.75 Å². The van der Waals surface area contributed by atoms with E-state index in [9.17, 15) is 9.59 Å². The molecule has 3 rings (SSSR count). The first-order valence-corrected chi connectivity index (χ1v) is 10.5. The van der Waals surface area contributed by atoms with Crippen molar-refractivity contribution in [2.45, 2.75) is 38.0 Å². The van der Waals surface area contributed by atoms with Gasteiger partial charge < -0.3 is 20.1 Å². The number of benzene rings is 2. The van der Waals surface area contributed by atoms with Gasteiger partial charge in [-0.3, -0.25) is 9.59 Å². The van der Waals surface area contributed by atoms with Gasteiger partial charge in [-0.05, 0) is 61.7 Å². The second kappa shape index (κ2) is 10.7. The lowest BCUT2D eigenvalue weighted by Gasteiger charge is -2.29. The number of ether oxygens (including phenoxy) is 2. The van der Waals surface area contributed by atoms with Crippen LogP contribution in [0.1, 0.15) is 31.4 Å². The summed E-state index contributed by atoms with van der Waals surface area (Å²) in [6.07, 6.45) is 0.653. The number of hydrogen-bond acceptors (Lipinski definition) is 4. The van der Waals surface area contributed by atoms with Gasteiger partial charge in [0.15, 0.2) is 6.61 Å². The number of nitrogens with one attached hydrogen (secondary N) is 2. The molecule has 1 aliphatic rings. The minimum Gasteiger partial charge on any atom is -0.484 e. The van der Waals surface area contributed by atoms with Gasteiger partial charge in [0, 0.05) is 10.0 Å². The molecule has 0 bridgehead atoms. The summed E-state index contributed by atoms with van der Waals surface area (Å²) in [4.78, 5) is 24.6. The van der Waals surface area contributed by atoms with Gasteiger partial charge in [0.2, 0.25) is 5.91 Å². The summed E-state index contributed by atoms with van der Waals surface area (Å²) >= 11 is 11.7. The first-order valence-electron chi connectivity index (χ1n) is 9.76. The first kappa shape index (κ1) is 22.4. The fourth-order valence-electron chi connectivity index (χ4n) is 3.16. The molecule has 1 heterocycles. The highest BCUT2D eigenvalue weighted by Crippen LogP contribution is 2.19. The molecule has 0 spiro atoms. The predicted molar refractivity (Wildman–Crippen MR) is 116 cm³/mol. The van der Waals surface area contributed by atoms with Crippen molar-refractivity contribution in [3.05, 3.63) is 64.1 Å². The van der Waals surface area contributed by atoms with Crippen LogP contribution in [-0.2, 0) is 14.3 Å². The van der Waals surface area contributed by atoms with E-state index < -0.39 is 6.10 Å². The molecule has 2 N–H and O–H groups in total. The van der Waals surface area contributed by atoms with E-state index >= 15 is 0 Å². The normalized spacial score (nSPS) is 19.6. The third kappa shape index (κ3) is 6.62. The van der Waals surface area contributed by atoms with Gasteiger partial charge in [-0.15, -0.1) is 0 Å². The van der Waals surface area contributed by atoms with Gasteiger partial charge in [-0.1, -0.05) is 35.3 Å². The van der Waals surface area contributed by atoms with Crippen molar-refractivity contribution in [1.82, 2.24) is 10.6 Å². The van der Waals surface area contributed by atoms with Gasteiger partial charge in [0.05, 0.1) is 18.7 Å². The highest BCUT2D eigenvalue weighted by atomic mass is 35.5. The van der Waals surface area contributed by atoms with Crippen molar-refractivity contribution >= 4 is 35.0 Å². The van der Waals surface area contributed by atoms with Gasteiger partial charge >= 0.3 is 0 Å². The maximum Gasteiger partial charge on any atom is 0.258 e. The van der Waals surface area contributed by atoms with Crippen molar-refractivity contribution < 1.29 is 19.1 Å². The molecule has 1 saturated heterocycles. The van der Waals surface area contributed by atoms with Gasteiger partial charge in [0.1, 0.15) is 11.9 Å². The molecule has 6 nitrogen and oxygen atoms in total. The molecule has 3 atom stereocenters. The van der Waals surface area contributed by atoms with E-state index in [0.717, 1.165) is 5.56 Å².